The van der Waals surface area contributed by atoms with Crippen LogP contribution in [0.3, 0.4) is 0 Å². The molecule has 0 radical (unpaired) electrons. The van der Waals surface area contributed by atoms with E-state index in [0.29, 0.717) is 0 Å². The van der Waals surface area contributed by atoms with Crippen molar-refractivity contribution in [3.63, 3.8) is 0 Å². The third-order valence-electron chi connectivity index (χ3n) is 1.08. The first-order valence-electron chi connectivity index (χ1n) is 3.47. The zero-order chi connectivity index (χ0) is 9.52. The molecular formula is C7H8N4O2. The number of oxime groups is 1. The van der Waals surface area contributed by atoms with Crippen LogP contribution in [0, 0.1) is 0 Å². The monoisotopic (exact) mass is 180 g/mol. The van der Waals surface area contributed by atoms with Crippen molar-refractivity contribution in [1.29, 1.82) is 0 Å². The Morgan fingerprint density at radius 1 is 1.62 bits per heavy atom. The molecule has 1 heterocycles. The number of nitrogens with one attached hydrogen (secondary N) is 1. The van der Waals surface area contributed by atoms with Gasteiger partial charge in [-0.15, -0.1) is 0 Å². The normalized spacial score (nSPS) is 9.92. The Bertz CT molecular complexity index is 299. The molecule has 6 heteroatoms. The van der Waals surface area contributed by atoms with Crippen LogP contribution >= 0.6 is 0 Å². The van der Waals surface area contributed by atoms with E-state index in [1.165, 1.54) is 19.5 Å². The Labute approximate surface area is 74.6 Å². The number of anilines is 1. The van der Waals surface area contributed by atoms with Crippen LogP contribution in [0.1, 0.15) is 0 Å². The number of hydrogen-bond donors (Lipinski definition) is 1. The van der Waals surface area contributed by atoms with Gasteiger partial charge in [-0.2, -0.15) is 0 Å². The van der Waals surface area contributed by atoms with E-state index >= 15 is 0 Å². The average Bonchev–Trinajstić information content (AvgIpc) is 2.16. The van der Waals surface area contributed by atoms with E-state index in [1.807, 2.05) is 0 Å². The van der Waals surface area contributed by atoms with E-state index in [2.05, 4.69) is 25.3 Å². The zero-order valence-electron chi connectivity index (χ0n) is 6.97. The van der Waals surface area contributed by atoms with Crippen molar-refractivity contribution in [3.8, 4) is 0 Å². The summed E-state index contributed by atoms with van der Waals surface area (Å²) < 4.78 is 0. The fourth-order valence-corrected chi connectivity index (χ4v) is 0.607. The lowest BCUT2D eigenvalue weighted by molar-refractivity contribution is -0.110. The van der Waals surface area contributed by atoms with Crippen LogP contribution in [0.4, 0.5) is 5.95 Å². The molecule has 0 atom stereocenters. The van der Waals surface area contributed by atoms with Gasteiger partial charge in [-0.1, -0.05) is 5.16 Å². The topological polar surface area (TPSA) is 76.5 Å². The molecule has 68 valence electrons. The molecule has 1 aromatic rings. The van der Waals surface area contributed by atoms with Crippen molar-refractivity contribution in [2.45, 2.75) is 0 Å². The minimum Gasteiger partial charge on any atom is -0.399 e. The molecule has 13 heavy (non-hydrogen) atoms. The fourth-order valence-electron chi connectivity index (χ4n) is 0.607. The highest BCUT2D eigenvalue weighted by Gasteiger charge is 1.98. The average molecular weight is 180 g/mol. The lowest BCUT2D eigenvalue weighted by Gasteiger charge is -1.96. The Morgan fingerprint density at radius 2 is 2.31 bits per heavy atom. The summed E-state index contributed by atoms with van der Waals surface area (Å²) in [5.41, 5.74) is 0. The molecule has 0 aromatic carbocycles. The maximum Gasteiger partial charge on any atom is 0.272 e. The third-order valence-corrected chi connectivity index (χ3v) is 1.08. The van der Waals surface area contributed by atoms with Crippen LogP contribution in [0.5, 0.6) is 0 Å². The molecule has 1 aromatic heterocycles. The van der Waals surface area contributed by atoms with Gasteiger partial charge in [0.2, 0.25) is 5.95 Å². The number of carbonyl (C=O) groups excluding carboxylic acids is 1. The van der Waals surface area contributed by atoms with Gasteiger partial charge in [-0.3, -0.25) is 10.1 Å². The maximum atomic E-state index is 11.0. The summed E-state index contributed by atoms with van der Waals surface area (Å²) in [6, 6.07) is 1.65. The van der Waals surface area contributed by atoms with Crippen LogP contribution in [-0.4, -0.2) is 29.2 Å². The number of aromatic nitrogens is 2. The highest BCUT2D eigenvalue weighted by molar-refractivity contribution is 6.31. The number of amides is 1. The Morgan fingerprint density at radius 3 is 2.92 bits per heavy atom. The van der Waals surface area contributed by atoms with Gasteiger partial charge in [0.15, 0.2) is 0 Å². The van der Waals surface area contributed by atoms with E-state index in [-0.39, 0.29) is 5.95 Å². The van der Waals surface area contributed by atoms with E-state index < -0.39 is 5.91 Å². The molecule has 0 saturated carbocycles. The first-order chi connectivity index (χ1) is 6.33. The predicted molar refractivity (Wildman–Crippen MR) is 46.2 cm³/mol. The van der Waals surface area contributed by atoms with Crippen molar-refractivity contribution >= 4 is 18.1 Å². The molecule has 6 nitrogen and oxygen atoms in total. The van der Waals surface area contributed by atoms with Gasteiger partial charge in [-0.05, 0) is 6.07 Å². The van der Waals surface area contributed by atoms with E-state index in [9.17, 15) is 4.79 Å². The quantitative estimate of drug-likeness (QED) is 0.526. The highest BCUT2D eigenvalue weighted by atomic mass is 16.6. The minimum absolute atomic E-state index is 0.232. The molecule has 0 saturated heterocycles. The molecule has 1 amide bonds. The van der Waals surface area contributed by atoms with Gasteiger partial charge in [0.1, 0.15) is 13.3 Å². The van der Waals surface area contributed by atoms with Crippen molar-refractivity contribution < 1.29 is 9.63 Å². The number of hydrogen-bond acceptors (Lipinski definition) is 5. The minimum atomic E-state index is -0.437. The van der Waals surface area contributed by atoms with Crippen LogP contribution < -0.4 is 5.32 Å². The first-order valence-corrected chi connectivity index (χ1v) is 3.47. The van der Waals surface area contributed by atoms with E-state index in [1.54, 1.807) is 6.07 Å². The third kappa shape index (κ3) is 3.28. The molecule has 0 aliphatic carbocycles. The maximum absolute atomic E-state index is 11.0. The smallest absolute Gasteiger partial charge is 0.272 e. The van der Waals surface area contributed by atoms with Crippen molar-refractivity contribution in [3.05, 3.63) is 18.5 Å². The van der Waals surface area contributed by atoms with Crippen LogP contribution in [0.25, 0.3) is 0 Å². The summed E-state index contributed by atoms with van der Waals surface area (Å²) in [7, 11) is 1.35. The van der Waals surface area contributed by atoms with Crippen LogP contribution in [0.15, 0.2) is 23.6 Å². The van der Waals surface area contributed by atoms with Gasteiger partial charge >= 0.3 is 0 Å². The highest BCUT2D eigenvalue weighted by Crippen LogP contribution is 1.91. The number of nitrogens with zero attached hydrogens (tertiary/aromatic N) is 3. The van der Waals surface area contributed by atoms with Gasteiger partial charge in [0.25, 0.3) is 5.91 Å². The van der Waals surface area contributed by atoms with Crippen molar-refractivity contribution in [2.75, 3.05) is 12.4 Å². The van der Waals surface area contributed by atoms with Crippen LogP contribution in [-0.2, 0) is 9.63 Å². The molecule has 0 spiro atoms. The SMILES string of the molecule is CO/N=C/C(=O)Nc1ncccn1. The number of carbonyl (C=O) groups is 1. The summed E-state index contributed by atoms with van der Waals surface area (Å²) in [5.74, 6) is -0.205. The molecule has 0 bridgehead atoms. The van der Waals surface area contributed by atoms with Gasteiger partial charge in [0.05, 0.1) is 0 Å². The molecule has 0 fully saturated rings. The largest absolute Gasteiger partial charge is 0.399 e. The molecular weight excluding hydrogens is 172 g/mol. The Hall–Kier alpha value is -1.98. The van der Waals surface area contributed by atoms with Gasteiger partial charge < -0.3 is 4.84 Å². The van der Waals surface area contributed by atoms with Crippen molar-refractivity contribution in [2.24, 2.45) is 5.16 Å². The first kappa shape index (κ1) is 9.11. The molecule has 1 rings (SSSR count). The van der Waals surface area contributed by atoms with Gasteiger partial charge in [0, 0.05) is 12.4 Å². The van der Waals surface area contributed by atoms with E-state index in [0.717, 1.165) is 6.21 Å². The second-order valence-electron chi connectivity index (χ2n) is 1.98. The van der Waals surface area contributed by atoms with Gasteiger partial charge in [-0.25, -0.2) is 9.97 Å². The lowest BCUT2D eigenvalue weighted by Crippen LogP contribution is -2.14. The van der Waals surface area contributed by atoms with Crippen LogP contribution in [0.2, 0.25) is 0 Å². The molecule has 0 aliphatic rings. The second kappa shape index (κ2) is 4.81. The predicted octanol–water partition coefficient (Wildman–Crippen LogP) is 0.0473. The standard InChI is InChI=1S/C7H8N4O2/c1-13-10-5-6(12)11-7-8-3-2-4-9-7/h2-5H,1H3,(H,8,9,11,12)/b10-5+. The Balaban J connectivity index is 2.50. The summed E-state index contributed by atoms with van der Waals surface area (Å²) in [4.78, 5) is 22.8. The summed E-state index contributed by atoms with van der Waals surface area (Å²) >= 11 is 0. The lowest BCUT2D eigenvalue weighted by atomic mass is 10.6. The molecule has 0 aliphatic heterocycles. The summed E-state index contributed by atoms with van der Waals surface area (Å²) in [6.45, 7) is 0. The molecule has 1 N–H and O–H groups in total. The summed E-state index contributed by atoms with van der Waals surface area (Å²) in [6.07, 6.45) is 4.04. The summed E-state index contributed by atoms with van der Waals surface area (Å²) in [5, 5.41) is 5.66. The number of rotatable bonds is 3. The Kier molecular flexibility index (Phi) is 3.37. The zero-order valence-corrected chi connectivity index (χ0v) is 6.97. The van der Waals surface area contributed by atoms with Crippen molar-refractivity contribution in [1.82, 2.24) is 9.97 Å². The van der Waals surface area contributed by atoms with E-state index in [4.69, 9.17) is 0 Å². The fraction of sp³-hybridized carbons (Fsp3) is 0.143. The molecule has 0 unspecified atom stereocenters. The second-order valence-corrected chi connectivity index (χ2v) is 1.98.